The molecule has 27 heavy (non-hydrogen) atoms. The molecule has 0 bridgehead atoms. The number of aryl methyl sites for hydroxylation is 1. The van der Waals surface area contributed by atoms with Crippen molar-refractivity contribution in [3.63, 3.8) is 0 Å². The topological polar surface area (TPSA) is 111 Å². The second-order valence-corrected chi connectivity index (χ2v) is 6.19. The standard InChI is InChI=1S/C18H19ClN6O2/c1-12-5-7-13(8-6-12)24-10-9-17(23-24)27-11-14-15(19)3-2-4-16(14)25(21)18(26)22-20/h2-10H,11,20-21H2,1H3,(H,22,26). The normalized spacial score (nSPS) is 10.5. The predicted molar refractivity (Wildman–Crippen MR) is 103 cm³/mol. The zero-order valence-corrected chi connectivity index (χ0v) is 15.3. The Morgan fingerprint density at radius 1 is 1.26 bits per heavy atom. The molecule has 5 N–H and O–H groups in total. The number of carbonyl (C=O) groups excluding carboxylic acids is 1. The summed E-state index contributed by atoms with van der Waals surface area (Å²) in [5.41, 5.74) is 4.97. The largest absolute Gasteiger partial charge is 0.472 e. The van der Waals surface area contributed by atoms with Crippen LogP contribution < -0.4 is 26.9 Å². The predicted octanol–water partition coefficient (Wildman–Crippen LogP) is 2.68. The molecule has 0 aliphatic rings. The van der Waals surface area contributed by atoms with Gasteiger partial charge in [0.2, 0.25) is 5.88 Å². The summed E-state index contributed by atoms with van der Waals surface area (Å²) in [5.74, 6) is 11.3. The molecule has 0 unspecified atom stereocenters. The van der Waals surface area contributed by atoms with Gasteiger partial charge in [-0.05, 0) is 31.2 Å². The molecule has 2 amide bonds. The van der Waals surface area contributed by atoms with E-state index in [9.17, 15) is 4.79 Å². The van der Waals surface area contributed by atoms with Crippen molar-refractivity contribution in [2.45, 2.75) is 13.5 Å². The van der Waals surface area contributed by atoms with E-state index in [4.69, 9.17) is 28.0 Å². The first-order chi connectivity index (χ1) is 13.0. The van der Waals surface area contributed by atoms with Gasteiger partial charge >= 0.3 is 6.03 Å². The third-order valence-electron chi connectivity index (χ3n) is 3.92. The quantitative estimate of drug-likeness (QED) is 0.354. The molecule has 3 aromatic rings. The molecule has 1 aromatic heterocycles. The number of hydrogen-bond donors (Lipinski definition) is 3. The van der Waals surface area contributed by atoms with Crippen LogP contribution in [0.1, 0.15) is 11.1 Å². The van der Waals surface area contributed by atoms with Crippen molar-refractivity contribution in [3.05, 3.63) is 70.9 Å². The van der Waals surface area contributed by atoms with Gasteiger partial charge in [-0.1, -0.05) is 35.4 Å². The average molecular weight is 387 g/mol. The second-order valence-electron chi connectivity index (χ2n) is 5.78. The monoisotopic (exact) mass is 386 g/mol. The maximum Gasteiger partial charge on any atom is 0.350 e. The molecule has 9 heteroatoms. The molecule has 1 heterocycles. The van der Waals surface area contributed by atoms with Crippen LogP contribution in [-0.2, 0) is 6.61 Å². The number of nitrogens with zero attached hydrogens (tertiary/aromatic N) is 3. The van der Waals surface area contributed by atoms with Crippen molar-refractivity contribution in [2.24, 2.45) is 11.7 Å². The third-order valence-corrected chi connectivity index (χ3v) is 4.28. The molecular formula is C18H19ClN6O2. The van der Waals surface area contributed by atoms with Gasteiger partial charge in [-0.3, -0.25) is 5.43 Å². The lowest BCUT2D eigenvalue weighted by Crippen LogP contribution is -2.48. The molecule has 0 atom stereocenters. The van der Waals surface area contributed by atoms with Gasteiger partial charge in [0.05, 0.1) is 11.4 Å². The van der Waals surface area contributed by atoms with Gasteiger partial charge in [0.1, 0.15) is 6.61 Å². The number of rotatable bonds is 5. The molecule has 0 fully saturated rings. The highest BCUT2D eigenvalue weighted by Crippen LogP contribution is 2.27. The summed E-state index contributed by atoms with van der Waals surface area (Å²) >= 11 is 6.25. The van der Waals surface area contributed by atoms with E-state index < -0.39 is 6.03 Å². The minimum Gasteiger partial charge on any atom is -0.472 e. The number of benzene rings is 2. The Morgan fingerprint density at radius 3 is 2.70 bits per heavy atom. The Hall–Kier alpha value is -3.07. The smallest absolute Gasteiger partial charge is 0.350 e. The second kappa shape index (κ2) is 8.09. The molecule has 0 saturated heterocycles. The van der Waals surface area contributed by atoms with Gasteiger partial charge < -0.3 is 4.74 Å². The van der Waals surface area contributed by atoms with Gasteiger partial charge in [-0.15, -0.1) is 5.10 Å². The number of carbonyl (C=O) groups is 1. The number of halogens is 1. The van der Waals surface area contributed by atoms with Crippen LogP contribution in [0.15, 0.2) is 54.7 Å². The van der Waals surface area contributed by atoms with Crippen LogP contribution in [0, 0.1) is 6.92 Å². The Labute approximate surface area is 161 Å². The fourth-order valence-electron chi connectivity index (χ4n) is 2.47. The number of hydrogen-bond acceptors (Lipinski definition) is 5. The van der Waals surface area contributed by atoms with Crippen LogP contribution in [0.25, 0.3) is 5.69 Å². The van der Waals surface area contributed by atoms with Crippen LogP contribution in [-0.4, -0.2) is 15.8 Å². The zero-order valence-electron chi connectivity index (χ0n) is 14.6. The molecule has 0 saturated carbocycles. The Bertz CT molecular complexity index is 941. The molecular weight excluding hydrogens is 368 g/mol. The van der Waals surface area contributed by atoms with Gasteiger partial charge in [0.15, 0.2) is 0 Å². The number of hydrazine groups is 2. The van der Waals surface area contributed by atoms with Crippen LogP contribution in [0.5, 0.6) is 5.88 Å². The van der Waals surface area contributed by atoms with E-state index in [2.05, 4.69) is 5.10 Å². The average Bonchev–Trinajstić information content (AvgIpc) is 3.15. The number of urea groups is 1. The lowest BCUT2D eigenvalue weighted by atomic mass is 10.2. The van der Waals surface area contributed by atoms with Crippen molar-refractivity contribution in [2.75, 3.05) is 5.01 Å². The van der Waals surface area contributed by atoms with E-state index in [1.807, 2.05) is 36.6 Å². The summed E-state index contributed by atoms with van der Waals surface area (Å²) in [6.45, 7) is 2.10. The number of ether oxygens (including phenoxy) is 1. The molecule has 0 spiro atoms. The lowest BCUT2D eigenvalue weighted by molar-refractivity contribution is 0.246. The summed E-state index contributed by atoms with van der Waals surface area (Å²) in [4.78, 5) is 11.7. The lowest BCUT2D eigenvalue weighted by Gasteiger charge is -2.20. The molecule has 0 radical (unpaired) electrons. The molecule has 140 valence electrons. The van der Waals surface area contributed by atoms with Gasteiger partial charge in [-0.25, -0.2) is 26.2 Å². The third kappa shape index (κ3) is 4.20. The van der Waals surface area contributed by atoms with E-state index in [1.54, 1.807) is 35.1 Å². The maximum absolute atomic E-state index is 11.7. The highest BCUT2D eigenvalue weighted by atomic mass is 35.5. The van der Waals surface area contributed by atoms with E-state index in [0.29, 0.717) is 22.2 Å². The number of nitrogens with one attached hydrogen (secondary N) is 1. The Kier molecular flexibility index (Phi) is 5.60. The molecule has 0 aliphatic heterocycles. The summed E-state index contributed by atoms with van der Waals surface area (Å²) in [6.07, 6.45) is 1.80. The summed E-state index contributed by atoms with van der Waals surface area (Å²) in [5, 5.41) is 5.67. The Balaban J connectivity index is 1.77. The molecule has 2 aromatic carbocycles. The van der Waals surface area contributed by atoms with E-state index in [1.165, 1.54) is 5.56 Å². The number of anilines is 1. The summed E-state index contributed by atoms with van der Waals surface area (Å²) in [7, 11) is 0. The van der Waals surface area contributed by atoms with Crippen molar-refractivity contribution in [3.8, 4) is 11.6 Å². The van der Waals surface area contributed by atoms with Crippen molar-refractivity contribution >= 4 is 23.3 Å². The van der Waals surface area contributed by atoms with Crippen LogP contribution in [0.3, 0.4) is 0 Å². The van der Waals surface area contributed by atoms with Crippen LogP contribution in [0.4, 0.5) is 10.5 Å². The summed E-state index contributed by atoms with van der Waals surface area (Å²) < 4.78 is 7.45. The Morgan fingerprint density at radius 2 is 2.00 bits per heavy atom. The molecule has 0 aliphatic carbocycles. The highest BCUT2D eigenvalue weighted by Gasteiger charge is 2.17. The van der Waals surface area contributed by atoms with Gasteiger partial charge in [-0.2, -0.15) is 0 Å². The van der Waals surface area contributed by atoms with Crippen molar-refractivity contribution in [1.82, 2.24) is 15.2 Å². The van der Waals surface area contributed by atoms with Crippen molar-refractivity contribution in [1.29, 1.82) is 0 Å². The highest BCUT2D eigenvalue weighted by molar-refractivity contribution is 6.31. The first-order valence-electron chi connectivity index (χ1n) is 8.08. The summed E-state index contributed by atoms with van der Waals surface area (Å²) in [6, 6.07) is 14.0. The maximum atomic E-state index is 11.7. The van der Waals surface area contributed by atoms with Gasteiger partial charge in [0.25, 0.3) is 0 Å². The van der Waals surface area contributed by atoms with E-state index >= 15 is 0 Å². The first kappa shape index (κ1) is 18.7. The number of amides is 2. The fourth-order valence-corrected chi connectivity index (χ4v) is 2.69. The number of nitrogens with two attached hydrogens (primary N) is 2. The first-order valence-corrected chi connectivity index (χ1v) is 8.45. The van der Waals surface area contributed by atoms with E-state index in [-0.39, 0.29) is 6.61 Å². The number of aromatic nitrogens is 2. The SMILES string of the molecule is Cc1ccc(-n2ccc(OCc3c(Cl)cccc3N(N)C(=O)NN)n2)cc1. The molecule has 8 nitrogen and oxygen atoms in total. The molecule has 3 rings (SSSR count). The van der Waals surface area contributed by atoms with Crippen LogP contribution in [0.2, 0.25) is 5.02 Å². The minimum absolute atomic E-state index is 0.0749. The van der Waals surface area contributed by atoms with E-state index in [0.717, 1.165) is 10.7 Å². The fraction of sp³-hybridized carbons (Fsp3) is 0.111. The van der Waals surface area contributed by atoms with Gasteiger partial charge in [0, 0.05) is 22.8 Å². The van der Waals surface area contributed by atoms with Crippen LogP contribution >= 0.6 is 11.6 Å². The van der Waals surface area contributed by atoms with Crippen molar-refractivity contribution < 1.29 is 9.53 Å². The minimum atomic E-state index is -0.679. The zero-order chi connectivity index (χ0) is 19.4.